The van der Waals surface area contributed by atoms with Crippen LogP contribution in [0.15, 0.2) is 18.2 Å². The number of thioether (sulfide) groups is 1. The maximum Gasteiger partial charge on any atom is 0.408 e. The summed E-state index contributed by atoms with van der Waals surface area (Å²) in [5, 5.41) is 15.1. The minimum Gasteiger partial charge on any atom is -0.508 e. The number of nitrogens with one attached hydrogen (secondary N) is 2. The molecule has 204 valence electrons. The van der Waals surface area contributed by atoms with Gasteiger partial charge in [0.15, 0.2) is 0 Å². The quantitative estimate of drug-likeness (QED) is 0.211. The molecule has 0 saturated carbocycles. The molecule has 0 bridgehead atoms. The molecule has 0 saturated heterocycles. The molecule has 11 heteroatoms. The number of terminal acetylenes is 1. The van der Waals surface area contributed by atoms with E-state index in [2.05, 4.69) is 16.7 Å². The average Bonchev–Trinajstić information content (AvgIpc) is 2.80. The van der Waals surface area contributed by atoms with Gasteiger partial charge in [0.1, 0.15) is 23.4 Å². The van der Waals surface area contributed by atoms with Gasteiger partial charge in [-0.05, 0) is 76.3 Å². The zero-order valence-corrected chi connectivity index (χ0v) is 23.1. The van der Waals surface area contributed by atoms with Gasteiger partial charge in [-0.25, -0.2) is 4.79 Å². The highest BCUT2D eigenvalue weighted by Gasteiger charge is 2.36. The van der Waals surface area contributed by atoms with Gasteiger partial charge >= 0.3 is 12.1 Å². The first-order valence-electron chi connectivity index (χ1n) is 11.8. The van der Waals surface area contributed by atoms with E-state index in [4.69, 9.17) is 15.9 Å². The molecule has 0 spiro atoms. The summed E-state index contributed by atoms with van der Waals surface area (Å²) in [6, 6.07) is 4.34. The number of rotatable bonds is 12. The van der Waals surface area contributed by atoms with E-state index in [1.807, 2.05) is 6.26 Å². The number of aromatic hydroxyl groups is 1. The number of hydrogen-bond acceptors (Lipinski definition) is 8. The number of benzene rings is 1. The second kappa shape index (κ2) is 15.0. The van der Waals surface area contributed by atoms with E-state index in [1.54, 1.807) is 40.7 Å². The first-order chi connectivity index (χ1) is 17.3. The van der Waals surface area contributed by atoms with E-state index in [1.165, 1.54) is 23.9 Å². The second-order valence-electron chi connectivity index (χ2n) is 9.11. The van der Waals surface area contributed by atoms with Gasteiger partial charge in [-0.1, -0.05) is 12.5 Å². The van der Waals surface area contributed by atoms with Crippen LogP contribution in [0.4, 0.5) is 4.79 Å². The normalized spacial score (nSPS) is 12.5. The molecule has 3 amide bonds. The first kappa shape index (κ1) is 31.6. The number of carbonyl (C=O) groups is 4. The van der Waals surface area contributed by atoms with Crippen LogP contribution in [0.2, 0.25) is 0 Å². The van der Waals surface area contributed by atoms with Crippen LogP contribution in [-0.4, -0.2) is 70.7 Å². The molecule has 2 unspecified atom stereocenters. The zero-order chi connectivity index (χ0) is 28.2. The smallest absolute Gasteiger partial charge is 0.408 e. The molecule has 1 aromatic rings. The Morgan fingerprint density at radius 3 is 2.46 bits per heavy atom. The number of hydrogen-bond donors (Lipinski definition) is 3. The summed E-state index contributed by atoms with van der Waals surface area (Å²) >= 11 is 1.47. The molecule has 0 aromatic heterocycles. The fourth-order valence-corrected chi connectivity index (χ4v) is 3.73. The van der Waals surface area contributed by atoms with Crippen LogP contribution < -0.4 is 10.6 Å². The predicted molar refractivity (Wildman–Crippen MR) is 142 cm³/mol. The highest BCUT2D eigenvalue weighted by atomic mass is 32.2. The number of carbonyl (C=O) groups excluding carboxylic acids is 4. The molecule has 3 N–H and O–H groups in total. The van der Waals surface area contributed by atoms with Crippen molar-refractivity contribution in [2.75, 3.05) is 25.2 Å². The molecule has 0 aliphatic carbocycles. The Balaban J connectivity index is 3.32. The van der Waals surface area contributed by atoms with Crippen molar-refractivity contribution >= 4 is 35.6 Å². The predicted octanol–water partition coefficient (Wildman–Crippen LogP) is 2.88. The fourth-order valence-electron chi connectivity index (χ4n) is 3.26. The zero-order valence-electron chi connectivity index (χ0n) is 22.3. The standard InChI is InChI=1S/C26H37N3O7S/c1-8-29(24(33)19(13-15-37-7)28-25(34)36-26(4,5)6)22(18-10-11-20(30)17(3)16-18)23(32)27-14-12-21(31)35-9-2/h1,10-11,16,19,22,30H,9,12-15H2,2-7H3,(H,27,32)(H,28,34). The monoisotopic (exact) mass is 535 g/mol. The van der Waals surface area contributed by atoms with Crippen molar-refractivity contribution in [1.29, 1.82) is 0 Å². The van der Waals surface area contributed by atoms with Crippen molar-refractivity contribution in [3.63, 3.8) is 0 Å². The van der Waals surface area contributed by atoms with Crippen molar-refractivity contribution in [3.8, 4) is 18.2 Å². The van der Waals surface area contributed by atoms with Gasteiger partial charge in [0.2, 0.25) is 5.91 Å². The average molecular weight is 536 g/mol. The van der Waals surface area contributed by atoms with Crippen molar-refractivity contribution < 1.29 is 33.8 Å². The lowest BCUT2D eigenvalue weighted by molar-refractivity contribution is -0.143. The molecule has 1 rings (SSSR count). The highest BCUT2D eigenvalue weighted by Crippen LogP contribution is 2.27. The van der Waals surface area contributed by atoms with Gasteiger partial charge in [0.05, 0.1) is 13.0 Å². The van der Waals surface area contributed by atoms with E-state index in [9.17, 15) is 24.3 Å². The maximum absolute atomic E-state index is 13.6. The van der Waals surface area contributed by atoms with E-state index in [-0.39, 0.29) is 31.7 Å². The Hall–Kier alpha value is -3.39. The summed E-state index contributed by atoms with van der Waals surface area (Å²) in [5.41, 5.74) is 0.0293. The van der Waals surface area contributed by atoms with Crippen LogP contribution in [0.5, 0.6) is 5.75 Å². The number of amides is 3. The Morgan fingerprint density at radius 1 is 1.24 bits per heavy atom. The van der Waals surface area contributed by atoms with Crippen LogP contribution in [0.1, 0.15) is 57.7 Å². The minimum atomic E-state index is -1.30. The summed E-state index contributed by atoms with van der Waals surface area (Å²) in [5.74, 6) is -1.27. The van der Waals surface area contributed by atoms with Crippen LogP contribution in [0, 0.1) is 19.4 Å². The molecule has 0 heterocycles. The molecular weight excluding hydrogens is 498 g/mol. The number of alkyl carbamates (subject to hydrolysis) is 1. The Kier molecular flexibility index (Phi) is 12.8. The van der Waals surface area contributed by atoms with E-state index in [0.29, 0.717) is 16.9 Å². The van der Waals surface area contributed by atoms with Gasteiger partial charge in [-0.2, -0.15) is 11.8 Å². The van der Waals surface area contributed by atoms with Gasteiger partial charge in [-0.15, -0.1) is 0 Å². The summed E-state index contributed by atoms with van der Waals surface area (Å²) in [7, 11) is 0. The highest BCUT2D eigenvalue weighted by molar-refractivity contribution is 7.98. The molecule has 0 radical (unpaired) electrons. The lowest BCUT2D eigenvalue weighted by atomic mass is 10.0. The van der Waals surface area contributed by atoms with Gasteiger partial charge in [-0.3, -0.25) is 19.3 Å². The molecule has 10 nitrogen and oxygen atoms in total. The Labute approximate surface area is 222 Å². The third-order valence-corrected chi connectivity index (χ3v) is 5.60. The fraction of sp³-hybridized carbons (Fsp3) is 0.538. The van der Waals surface area contributed by atoms with Crippen LogP contribution in [-0.2, 0) is 23.9 Å². The third kappa shape index (κ3) is 10.6. The summed E-state index contributed by atoms with van der Waals surface area (Å²) in [6.07, 6.45) is 6.97. The molecule has 2 atom stereocenters. The lowest BCUT2D eigenvalue weighted by Crippen LogP contribution is -2.51. The van der Waals surface area contributed by atoms with Crippen LogP contribution >= 0.6 is 11.8 Å². The molecule has 37 heavy (non-hydrogen) atoms. The molecule has 0 aliphatic heterocycles. The van der Waals surface area contributed by atoms with Crippen molar-refractivity contribution in [2.24, 2.45) is 0 Å². The number of esters is 1. The van der Waals surface area contributed by atoms with Crippen molar-refractivity contribution in [2.45, 2.75) is 65.1 Å². The summed E-state index contributed by atoms with van der Waals surface area (Å²) < 4.78 is 10.2. The maximum atomic E-state index is 13.6. The Morgan fingerprint density at radius 2 is 1.92 bits per heavy atom. The van der Waals surface area contributed by atoms with Crippen molar-refractivity contribution in [3.05, 3.63) is 29.3 Å². The molecule has 0 aliphatic rings. The third-order valence-electron chi connectivity index (χ3n) is 4.95. The van der Waals surface area contributed by atoms with Gasteiger partial charge < -0.3 is 25.2 Å². The van der Waals surface area contributed by atoms with E-state index < -0.39 is 41.6 Å². The number of ether oxygens (including phenoxy) is 2. The van der Waals surface area contributed by atoms with E-state index in [0.717, 1.165) is 4.90 Å². The Bertz CT molecular complexity index is 1000. The topological polar surface area (TPSA) is 134 Å². The second-order valence-corrected chi connectivity index (χ2v) is 10.1. The van der Waals surface area contributed by atoms with Crippen LogP contribution in [0.25, 0.3) is 0 Å². The largest absolute Gasteiger partial charge is 0.508 e. The molecular formula is C26H37N3O7S. The minimum absolute atomic E-state index is 0.00763. The number of phenols is 1. The summed E-state index contributed by atoms with van der Waals surface area (Å²) in [4.78, 5) is 52.0. The SMILES string of the molecule is C#CN(C(=O)C(CCSC)NC(=O)OC(C)(C)C)C(C(=O)NCCC(=O)OCC)c1ccc(O)c(C)c1. The number of phenolic OH excluding ortho intramolecular Hbond substituents is 1. The lowest BCUT2D eigenvalue weighted by Gasteiger charge is -2.30. The number of aryl methyl sites for hydroxylation is 1. The van der Waals surface area contributed by atoms with Gasteiger partial charge in [0, 0.05) is 12.6 Å². The van der Waals surface area contributed by atoms with E-state index >= 15 is 0 Å². The van der Waals surface area contributed by atoms with Crippen molar-refractivity contribution in [1.82, 2.24) is 15.5 Å². The van der Waals surface area contributed by atoms with Gasteiger partial charge in [0.25, 0.3) is 5.91 Å². The number of nitrogens with zero attached hydrogens (tertiary/aromatic N) is 1. The molecule has 1 aromatic carbocycles. The molecule has 0 fully saturated rings. The first-order valence-corrected chi connectivity index (χ1v) is 13.2. The summed E-state index contributed by atoms with van der Waals surface area (Å²) in [6.45, 7) is 8.58. The van der Waals surface area contributed by atoms with Crippen LogP contribution in [0.3, 0.4) is 0 Å².